The van der Waals surface area contributed by atoms with Gasteiger partial charge in [0.2, 0.25) is 11.8 Å². The first-order valence-electron chi connectivity index (χ1n) is 9.93. The van der Waals surface area contributed by atoms with Crippen LogP contribution in [0.1, 0.15) is 46.6 Å². The molecule has 31 heavy (non-hydrogen) atoms. The fourth-order valence-electron chi connectivity index (χ4n) is 2.53. The van der Waals surface area contributed by atoms with E-state index in [1.165, 1.54) is 19.1 Å². The van der Waals surface area contributed by atoms with Gasteiger partial charge in [0.1, 0.15) is 29.5 Å². The maximum absolute atomic E-state index is 12.9. The van der Waals surface area contributed by atoms with Crippen molar-refractivity contribution in [2.75, 3.05) is 0 Å². The highest BCUT2D eigenvalue weighted by molar-refractivity contribution is 5.92. The topological polar surface area (TPSA) is 154 Å². The van der Waals surface area contributed by atoms with E-state index in [1.807, 2.05) is 0 Å². The second kappa shape index (κ2) is 11.2. The van der Waals surface area contributed by atoms with Crippen LogP contribution in [-0.4, -0.2) is 57.8 Å². The molecular weight excluding hydrogens is 406 g/mol. The Kier molecular flexibility index (Phi) is 9.29. The number of hydrogen-bond donors (Lipinski definition) is 5. The zero-order chi connectivity index (χ0) is 23.8. The van der Waals surface area contributed by atoms with Gasteiger partial charge in [-0.25, -0.2) is 4.79 Å². The van der Waals surface area contributed by atoms with Crippen LogP contribution < -0.4 is 16.0 Å². The summed E-state index contributed by atoms with van der Waals surface area (Å²) in [6.45, 7) is 8.02. The Morgan fingerprint density at radius 3 is 2.00 bits per heavy atom. The number of ether oxygens (including phenoxy) is 1. The number of aromatic hydroxyl groups is 1. The number of carbonyl (C=O) groups excluding carboxylic acids is 3. The lowest BCUT2D eigenvalue weighted by molar-refractivity contribution is -0.141. The van der Waals surface area contributed by atoms with Crippen molar-refractivity contribution in [2.45, 2.75) is 71.2 Å². The lowest BCUT2D eigenvalue weighted by atomic mass is 10.0. The lowest BCUT2D eigenvalue weighted by Gasteiger charge is -2.25. The van der Waals surface area contributed by atoms with Gasteiger partial charge in [0.15, 0.2) is 0 Å². The van der Waals surface area contributed by atoms with E-state index in [2.05, 4.69) is 16.0 Å². The molecule has 1 aromatic rings. The lowest BCUT2D eigenvalue weighted by Crippen LogP contribution is -2.56. The van der Waals surface area contributed by atoms with Crippen molar-refractivity contribution in [2.24, 2.45) is 0 Å². The first-order chi connectivity index (χ1) is 14.3. The molecule has 0 heterocycles. The number of hydrogen-bond acceptors (Lipinski definition) is 6. The van der Waals surface area contributed by atoms with Crippen LogP contribution in [0.5, 0.6) is 5.75 Å². The Morgan fingerprint density at radius 1 is 0.968 bits per heavy atom. The van der Waals surface area contributed by atoms with Gasteiger partial charge in [-0.3, -0.25) is 14.4 Å². The number of carbonyl (C=O) groups is 4. The van der Waals surface area contributed by atoms with Gasteiger partial charge < -0.3 is 30.9 Å². The molecule has 172 valence electrons. The highest BCUT2D eigenvalue weighted by Gasteiger charge is 2.29. The minimum absolute atomic E-state index is 0.0557. The highest BCUT2D eigenvalue weighted by Crippen LogP contribution is 2.13. The monoisotopic (exact) mass is 437 g/mol. The number of carboxylic acids is 1. The fraction of sp³-hybridized carbons (Fsp3) is 0.524. The van der Waals surface area contributed by atoms with Crippen LogP contribution in [-0.2, 0) is 25.5 Å². The van der Waals surface area contributed by atoms with Gasteiger partial charge in [0.25, 0.3) is 0 Å². The van der Waals surface area contributed by atoms with Crippen molar-refractivity contribution in [3.63, 3.8) is 0 Å². The quantitative estimate of drug-likeness (QED) is 0.390. The first-order valence-corrected chi connectivity index (χ1v) is 9.93. The summed E-state index contributed by atoms with van der Waals surface area (Å²) in [5, 5.41) is 25.7. The normalized spacial score (nSPS) is 14.0. The molecule has 0 bridgehead atoms. The third kappa shape index (κ3) is 9.37. The molecule has 1 rings (SSSR count). The van der Waals surface area contributed by atoms with E-state index < -0.39 is 47.6 Å². The standard InChI is InChI=1S/C21H31N3O7/c1-6-15(17(26)22-12(2)19(28)29)23-18(27)16(24-20(30)31-21(3,4)5)11-13-7-9-14(25)10-8-13/h7-10,12,15-16,25H,6,11H2,1-5H3,(H,22,26)(H,23,27)(H,24,30)(H,28,29)/t12-,15?,16+/m1/s1. The van der Waals surface area contributed by atoms with Crippen molar-refractivity contribution in [3.8, 4) is 5.75 Å². The second-order valence-corrected chi connectivity index (χ2v) is 8.11. The zero-order valence-electron chi connectivity index (χ0n) is 18.4. The summed E-state index contributed by atoms with van der Waals surface area (Å²) in [5.74, 6) is -2.43. The summed E-state index contributed by atoms with van der Waals surface area (Å²) in [6.07, 6.45) is -0.513. The summed E-state index contributed by atoms with van der Waals surface area (Å²) in [7, 11) is 0. The van der Waals surface area contributed by atoms with Crippen molar-refractivity contribution >= 4 is 23.9 Å². The predicted octanol–water partition coefficient (Wildman–Crippen LogP) is 1.31. The Morgan fingerprint density at radius 2 is 1.52 bits per heavy atom. The Balaban J connectivity index is 2.96. The summed E-state index contributed by atoms with van der Waals surface area (Å²) < 4.78 is 5.22. The molecule has 5 N–H and O–H groups in total. The van der Waals surface area contributed by atoms with Gasteiger partial charge in [-0.05, 0) is 51.8 Å². The SMILES string of the molecule is CCC(NC(=O)[C@H](Cc1ccc(O)cc1)NC(=O)OC(C)(C)C)C(=O)N[C@H](C)C(=O)O. The molecule has 0 spiro atoms. The third-order valence-electron chi connectivity index (χ3n) is 4.15. The smallest absolute Gasteiger partial charge is 0.408 e. The molecule has 0 aliphatic carbocycles. The van der Waals surface area contributed by atoms with Crippen molar-refractivity contribution in [3.05, 3.63) is 29.8 Å². The number of phenols is 1. The fourth-order valence-corrected chi connectivity index (χ4v) is 2.53. The molecule has 0 fully saturated rings. The molecule has 0 saturated heterocycles. The number of amides is 3. The van der Waals surface area contributed by atoms with Crippen LogP contribution in [0.25, 0.3) is 0 Å². The van der Waals surface area contributed by atoms with E-state index in [0.29, 0.717) is 5.56 Å². The van der Waals surface area contributed by atoms with Crippen molar-refractivity contribution in [1.82, 2.24) is 16.0 Å². The molecule has 1 aromatic carbocycles. The molecule has 0 aromatic heterocycles. The average molecular weight is 437 g/mol. The van der Waals surface area contributed by atoms with E-state index in [9.17, 15) is 24.3 Å². The number of benzene rings is 1. The van der Waals surface area contributed by atoms with Gasteiger partial charge in [-0.2, -0.15) is 0 Å². The summed E-state index contributed by atoms with van der Waals surface area (Å²) in [4.78, 5) is 48.4. The van der Waals surface area contributed by atoms with Gasteiger partial charge in [-0.15, -0.1) is 0 Å². The summed E-state index contributed by atoms with van der Waals surface area (Å²) >= 11 is 0. The predicted molar refractivity (Wildman–Crippen MR) is 112 cm³/mol. The number of aliphatic carboxylic acids is 1. The number of nitrogens with one attached hydrogen (secondary N) is 3. The molecule has 10 nitrogen and oxygen atoms in total. The maximum Gasteiger partial charge on any atom is 0.408 e. The van der Waals surface area contributed by atoms with Crippen molar-refractivity contribution < 1.29 is 34.1 Å². The molecule has 0 aliphatic heterocycles. The minimum Gasteiger partial charge on any atom is -0.508 e. The molecule has 10 heteroatoms. The van der Waals surface area contributed by atoms with Gasteiger partial charge in [0.05, 0.1) is 0 Å². The molecule has 0 aliphatic rings. The van der Waals surface area contributed by atoms with Crippen LogP contribution in [0.2, 0.25) is 0 Å². The van der Waals surface area contributed by atoms with Crippen molar-refractivity contribution in [1.29, 1.82) is 0 Å². The van der Waals surface area contributed by atoms with Crippen LogP contribution in [0.4, 0.5) is 4.79 Å². The van der Waals surface area contributed by atoms with Crippen LogP contribution in [0.3, 0.4) is 0 Å². The molecule has 0 saturated carbocycles. The maximum atomic E-state index is 12.9. The Hall–Kier alpha value is -3.30. The van der Waals surface area contributed by atoms with E-state index in [-0.39, 0.29) is 18.6 Å². The number of phenolic OH excluding ortho intramolecular Hbond substituents is 1. The van der Waals surface area contributed by atoms with E-state index >= 15 is 0 Å². The molecule has 0 radical (unpaired) electrons. The third-order valence-corrected chi connectivity index (χ3v) is 4.15. The zero-order valence-corrected chi connectivity index (χ0v) is 18.4. The number of alkyl carbamates (subject to hydrolysis) is 1. The van der Waals surface area contributed by atoms with Crippen LogP contribution in [0, 0.1) is 0 Å². The molecular formula is C21H31N3O7. The van der Waals surface area contributed by atoms with Crippen LogP contribution in [0.15, 0.2) is 24.3 Å². The largest absolute Gasteiger partial charge is 0.508 e. The molecule has 3 atom stereocenters. The minimum atomic E-state index is -1.20. The number of rotatable bonds is 9. The molecule has 3 amide bonds. The van der Waals surface area contributed by atoms with Gasteiger partial charge in [-0.1, -0.05) is 19.1 Å². The Bertz CT molecular complexity index is 787. The van der Waals surface area contributed by atoms with E-state index in [0.717, 1.165) is 0 Å². The number of carboxylic acid groups (broad SMARTS) is 1. The van der Waals surface area contributed by atoms with E-state index in [4.69, 9.17) is 9.84 Å². The summed E-state index contributed by atoms with van der Waals surface area (Å²) in [5.41, 5.74) is -0.117. The first kappa shape index (κ1) is 25.7. The average Bonchev–Trinajstić information content (AvgIpc) is 2.65. The van der Waals surface area contributed by atoms with E-state index in [1.54, 1.807) is 39.8 Å². The van der Waals surface area contributed by atoms with Crippen LogP contribution >= 0.6 is 0 Å². The molecule has 1 unspecified atom stereocenters. The second-order valence-electron chi connectivity index (χ2n) is 8.11. The van der Waals surface area contributed by atoms with Gasteiger partial charge >= 0.3 is 12.1 Å². The Labute approximate surface area is 181 Å². The van der Waals surface area contributed by atoms with Gasteiger partial charge in [0, 0.05) is 6.42 Å². The summed E-state index contributed by atoms with van der Waals surface area (Å²) in [6, 6.07) is 2.93. The highest BCUT2D eigenvalue weighted by atomic mass is 16.6.